The number of ether oxygens (including phenoxy) is 1. The molecule has 1 heterocycles. The maximum atomic E-state index is 11.5. The minimum absolute atomic E-state index is 0.334. The van der Waals surface area contributed by atoms with Gasteiger partial charge in [-0.2, -0.15) is 0 Å². The molecule has 0 bridgehead atoms. The summed E-state index contributed by atoms with van der Waals surface area (Å²) in [7, 11) is 1.38. The van der Waals surface area contributed by atoms with Crippen molar-refractivity contribution in [3.05, 3.63) is 83.6 Å². The molecular weight excluding hydrogens is 314 g/mol. The molecule has 0 atom stereocenters. The first-order chi connectivity index (χ1) is 12.3. The van der Waals surface area contributed by atoms with Gasteiger partial charge in [0.25, 0.3) is 0 Å². The van der Waals surface area contributed by atoms with Crippen LogP contribution in [-0.2, 0) is 17.7 Å². The Hall–Kier alpha value is -2.85. The van der Waals surface area contributed by atoms with E-state index in [0.29, 0.717) is 5.56 Å². The van der Waals surface area contributed by atoms with Gasteiger partial charge in [-0.25, -0.2) is 4.79 Å². The van der Waals surface area contributed by atoms with Crippen LogP contribution in [0.15, 0.2) is 71.1 Å². The molecule has 0 saturated carbocycles. The fourth-order valence-electron chi connectivity index (χ4n) is 2.69. The number of nitrogens with two attached hydrogens (primary N) is 1. The van der Waals surface area contributed by atoms with Crippen LogP contribution in [0.1, 0.15) is 21.7 Å². The van der Waals surface area contributed by atoms with E-state index < -0.39 is 0 Å². The number of hydrogen-bond acceptors (Lipinski definition) is 3. The van der Waals surface area contributed by atoms with Gasteiger partial charge in [0, 0.05) is 12.0 Å². The van der Waals surface area contributed by atoms with E-state index in [0.717, 1.165) is 36.6 Å². The monoisotopic (exact) mass is 336 g/mol. The topological polar surface area (TPSA) is 56.0 Å². The zero-order chi connectivity index (χ0) is 17.5. The van der Waals surface area contributed by atoms with Crippen LogP contribution in [-0.4, -0.2) is 19.6 Å². The molecule has 2 N–H and O–H groups in total. The van der Waals surface area contributed by atoms with Crippen LogP contribution in [0.4, 0.5) is 0 Å². The minimum atomic E-state index is -0.334. The van der Waals surface area contributed by atoms with Gasteiger partial charge in [0.2, 0.25) is 0 Å². The molecule has 1 aromatic heterocycles. The maximum Gasteiger partial charge on any atom is 0.337 e. The second-order valence-electron chi connectivity index (χ2n) is 5.85. The van der Waals surface area contributed by atoms with E-state index >= 15 is 0 Å². The van der Waals surface area contributed by atoms with Crippen LogP contribution in [0, 0.1) is 0 Å². The van der Waals surface area contributed by atoms with E-state index in [2.05, 4.69) is 29.6 Å². The van der Waals surface area contributed by atoms with E-state index in [9.17, 15) is 4.79 Å². The highest BCUT2D eigenvalue weighted by Crippen LogP contribution is 2.22. The van der Waals surface area contributed by atoms with E-state index in [1.54, 1.807) is 12.1 Å². The molecule has 0 unspecified atom stereocenters. The normalized spacial score (nSPS) is 10.6. The third kappa shape index (κ3) is 4.58. The summed E-state index contributed by atoms with van der Waals surface area (Å²) in [4.78, 5) is 11.5. The molecule has 0 saturated heterocycles. The number of quaternary nitrogens is 1. The third-order valence-corrected chi connectivity index (χ3v) is 4.08. The molecule has 25 heavy (non-hydrogen) atoms. The van der Waals surface area contributed by atoms with Gasteiger partial charge in [-0.15, -0.1) is 0 Å². The number of carbonyl (C=O) groups excluding carboxylic acids is 1. The van der Waals surface area contributed by atoms with Crippen molar-refractivity contribution in [1.82, 2.24) is 0 Å². The first-order valence-electron chi connectivity index (χ1n) is 8.39. The van der Waals surface area contributed by atoms with Gasteiger partial charge < -0.3 is 14.5 Å². The van der Waals surface area contributed by atoms with Crippen molar-refractivity contribution in [2.24, 2.45) is 0 Å². The van der Waals surface area contributed by atoms with Gasteiger partial charge in [-0.1, -0.05) is 42.5 Å². The number of benzene rings is 2. The Kier molecular flexibility index (Phi) is 5.65. The molecule has 0 spiro atoms. The number of esters is 1. The summed E-state index contributed by atoms with van der Waals surface area (Å²) in [5, 5.41) is 2.25. The van der Waals surface area contributed by atoms with Crippen molar-refractivity contribution in [1.29, 1.82) is 0 Å². The molecule has 3 aromatic rings. The van der Waals surface area contributed by atoms with E-state index in [1.807, 2.05) is 30.3 Å². The smallest absolute Gasteiger partial charge is 0.337 e. The van der Waals surface area contributed by atoms with E-state index in [-0.39, 0.29) is 5.97 Å². The van der Waals surface area contributed by atoms with Crippen LogP contribution >= 0.6 is 0 Å². The third-order valence-electron chi connectivity index (χ3n) is 4.08. The largest absolute Gasteiger partial charge is 0.465 e. The summed E-state index contributed by atoms with van der Waals surface area (Å²) < 4.78 is 10.6. The lowest BCUT2D eigenvalue weighted by molar-refractivity contribution is -0.671. The molecule has 0 aliphatic heterocycles. The fraction of sp³-hybridized carbons (Fsp3) is 0.190. The summed E-state index contributed by atoms with van der Waals surface area (Å²) in [6.45, 7) is 1.83. The highest BCUT2D eigenvalue weighted by atomic mass is 16.5. The van der Waals surface area contributed by atoms with Crippen LogP contribution < -0.4 is 5.32 Å². The van der Waals surface area contributed by atoms with Gasteiger partial charge in [-0.3, -0.25) is 0 Å². The number of furan rings is 1. The highest BCUT2D eigenvalue weighted by molar-refractivity contribution is 5.89. The summed E-state index contributed by atoms with van der Waals surface area (Å²) in [5.74, 6) is 1.42. The molecule has 4 nitrogen and oxygen atoms in total. The molecular formula is C21H22NO3+. The number of methoxy groups -OCH3 is 1. The minimum Gasteiger partial charge on any atom is -0.465 e. The molecule has 0 amide bonds. The predicted octanol–water partition coefficient (Wildman–Crippen LogP) is 3.04. The van der Waals surface area contributed by atoms with Crippen molar-refractivity contribution in [2.75, 3.05) is 13.7 Å². The molecule has 4 heteroatoms. The Morgan fingerprint density at radius 2 is 1.76 bits per heavy atom. The van der Waals surface area contributed by atoms with Crippen LogP contribution in [0.2, 0.25) is 0 Å². The Morgan fingerprint density at radius 3 is 2.48 bits per heavy atom. The average molecular weight is 336 g/mol. The van der Waals surface area contributed by atoms with Crippen molar-refractivity contribution in [3.8, 4) is 11.3 Å². The molecule has 0 radical (unpaired) electrons. The summed E-state index contributed by atoms with van der Waals surface area (Å²) >= 11 is 0. The molecule has 0 aliphatic carbocycles. The van der Waals surface area contributed by atoms with Gasteiger partial charge in [-0.05, 0) is 29.8 Å². The second-order valence-corrected chi connectivity index (χ2v) is 5.85. The fourth-order valence-corrected chi connectivity index (χ4v) is 2.69. The van der Waals surface area contributed by atoms with Crippen molar-refractivity contribution in [2.45, 2.75) is 13.0 Å². The molecule has 0 aliphatic rings. The predicted molar refractivity (Wildman–Crippen MR) is 96.1 cm³/mol. The van der Waals surface area contributed by atoms with Gasteiger partial charge in [0.05, 0.1) is 19.2 Å². The molecule has 128 valence electrons. The first-order valence-corrected chi connectivity index (χ1v) is 8.39. The molecule has 0 fully saturated rings. The zero-order valence-corrected chi connectivity index (χ0v) is 14.3. The number of carbonyl (C=O) groups is 1. The van der Waals surface area contributed by atoms with Crippen molar-refractivity contribution < 1.29 is 19.3 Å². The number of rotatable bonds is 7. The van der Waals surface area contributed by atoms with Crippen LogP contribution in [0.3, 0.4) is 0 Å². The summed E-state index contributed by atoms with van der Waals surface area (Å²) in [5.41, 5.74) is 2.83. The van der Waals surface area contributed by atoms with Crippen molar-refractivity contribution in [3.63, 3.8) is 0 Å². The Morgan fingerprint density at radius 1 is 1.00 bits per heavy atom. The Balaban J connectivity index is 1.52. The Bertz CT molecular complexity index is 807. The van der Waals surface area contributed by atoms with E-state index in [1.165, 1.54) is 12.7 Å². The van der Waals surface area contributed by atoms with Gasteiger partial charge in [0.1, 0.15) is 12.3 Å². The Labute approximate surface area is 147 Å². The lowest BCUT2D eigenvalue weighted by Crippen LogP contribution is -2.83. The zero-order valence-electron chi connectivity index (χ0n) is 14.3. The second kappa shape index (κ2) is 8.31. The molecule has 2 aromatic carbocycles. The quantitative estimate of drug-likeness (QED) is 0.533. The van der Waals surface area contributed by atoms with Gasteiger partial charge in [0.15, 0.2) is 5.76 Å². The highest BCUT2D eigenvalue weighted by Gasteiger charge is 2.09. The SMILES string of the molecule is COC(=O)c1ccc(-c2ccc(C[NH2+]CCc3ccccc3)o2)cc1. The lowest BCUT2D eigenvalue weighted by atomic mass is 10.1. The summed E-state index contributed by atoms with van der Waals surface area (Å²) in [6, 6.07) is 21.7. The van der Waals surface area contributed by atoms with Crippen LogP contribution in [0.5, 0.6) is 0 Å². The summed E-state index contributed by atoms with van der Waals surface area (Å²) in [6.07, 6.45) is 1.05. The number of hydrogen-bond donors (Lipinski definition) is 1. The average Bonchev–Trinajstić information content (AvgIpc) is 3.14. The standard InChI is InChI=1S/C21H21NO3/c1-24-21(23)18-9-7-17(8-10-18)20-12-11-19(25-20)15-22-14-13-16-5-3-2-4-6-16/h2-12,22H,13-15H2,1H3/p+1. The first kappa shape index (κ1) is 17.0. The molecule has 3 rings (SSSR count). The van der Waals surface area contributed by atoms with Gasteiger partial charge >= 0.3 is 5.97 Å². The van der Waals surface area contributed by atoms with E-state index in [4.69, 9.17) is 9.15 Å². The van der Waals surface area contributed by atoms with Crippen LogP contribution in [0.25, 0.3) is 11.3 Å². The maximum absolute atomic E-state index is 11.5. The van der Waals surface area contributed by atoms with Crippen molar-refractivity contribution >= 4 is 5.97 Å². The lowest BCUT2D eigenvalue weighted by Gasteiger charge is -2.02.